The van der Waals surface area contributed by atoms with Crippen LogP contribution in [0.1, 0.15) is 138 Å². The van der Waals surface area contributed by atoms with Gasteiger partial charge in [0.25, 0.3) is 0 Å². The van der Waals surface area contributed by atoms with Gasteiger partial charge in [-0.15, -0.1) is 0 Å². The average Bonchev–Trinajstić information content (AvgIpc) is 2.66. The van der Waals surface area contributed by atoms with Crippen LogP contribution in [0.4, 0.5) is 0 Å². The van der Waals surface area contributed by atoms with Gasteiger partial charge in [0.1, 0.15) is 23.1 Å². The second-order valence-corrected chi connectivity index (χ2v) is 14.4. The first-order valence-corrected chi connectivity index (χ1v) is 13.6. The summed E-state index contributed by atoms with van der Waals surface area (Å²) < 4.78 is 0. The molecule has 4 heteroatoms. The molecule has 0 aromatic rings. The van der Waals surface area contributed by atoms with Crippen LogP contribution < -0.4 is 0 Å². The van der Waals surface area contributed by atoms with Crippen molar-refractivity contribution in [3.63, 3.8) is 0 Å². The number of carbonyl (C=O) groups excluding carboxylic acids is 4. The monoisotopic (exact) mass is 512 g/mol. The van der Waals surface area contributed by atoms with Crippen molar-refractivity contribution in [1.29, 1.82) is 0 Å². The van der Waals surface area contributed by atoms with Crippen LogP contribution in [0.15, 0.2) is 0 Å². The van der Waals surface area contributed by atoms with Gasteiger partial charge in [0, 0.05) is 33.5 Å². The fraction of sp³-hybridized carbons (Fsp3) is 0.875. The van der Waals surface area contributed by atoms with Crippen LogP contribution in [0.5, 0.6) is 0 Å². The van der Waals surface area contributed by atoms with E-state index >= 15 is 0 Å². The topological polar surface area (TPSA) is 68.3 Å². The number of hydrogen-bond acceptors (Lipinski definition) is 4. The summed E-state index contributed by atoms with van der Waals surface area (Å²) in [7, 11) is 0. The minimum Gasteiger partial charge on any atom is -0.300 e. The molecule has 0 bridgehead atoms. The fourth-order valence-electron chi connectivity index (χ4n) is 2.50. The molecule has 36 heavy (non-hydrogen) atoms. The summed E-state index contributed by atoms with van der Waals surface area (Å²) in [6, 6.07) is 0. The third-order valence-corrected chi connectivity index (χ3v) is 7.14. The van der Waals surface area contributed by atoms with Crippen LogP contribution in [0.2, 0.25) is 0 Å². The molecule has 0 saturated carbocycles. The predicted molar refractivity (Wildman–Crippen MR) is 157 cm³/mol. The molecule has 0 unspecified atom stereocenters. The zero-order chi connectivity index (χ0) is 30.6. The lowest BCUT2D eigenvalue weighted by atomic mass is 9.69. The standard InChI is InChI=1S/C11H22O.2C8H16O.C5H10O/c1-8(2)11(6,7)9(12)10(3,4)5;1-6(2)7(9)8(3,4)5;1-6(2)8(4,5)7(3)9;1-4(2)5(3)6/h8H,1-7H3;2*6H,1-5H3;4H,1-3H3. The maximum atomic E-state index is 11.9. The van der Waals surface area contributed by atoms with E-state index in [4.69, 9.17) is 0 Å². The van der Waals surface area contributed by atoms with Crippen molar-refractivity contribution in [1.82, 2.24) is 0 Å². The number of hydrogen-bond donors (Lipinski definition) is 0. The molecule has 0 saturated heterocycles. The second-order valence-electron chi connectivity index (χ2n) is 14.4. The molecule has 0 aromatic heterocycles. The highest BCUT2D eigenvalue weighted by Gasteiger charge is 2.38. The van der Waals surface area contributed by atoms with Gasteiger partial charge in [-0.3, -0.25) is 19.2 Å². The van der Waals surface area contributed by atoms with Gasteiger partial charge in [-0.2, -0.15) is 0 Å². The molecule has 0 aliphatic carbocycles. The molecule has 4 nitrogen and oxygen atoms in total. The fourth-order valence-corrected chi connectivity index (χ4v) is 2.50. The zero-order valence-corrected chi connectivity index (χ0v) is 27.9. The van der Waals surface area contributed by atoms with Crippen LogP contribution in [0.3, 0.4) is 0 Å². The summed E-state index contributed by atoms with van der Waals surface area (Å²) in [5.41, 5.74) is -0.708. The van der Waals surface area contributed by atoms with E-state index in [1.807, 2.05) is 96.9 Å². The van der Waals surface area contributed by atoms with Crippen molar-refractivity contribution in [2.24, 2.45) is 45.3 Å². The maximum Gasteiger partial charge on any atom is 0.144 e. The summed E-state index contributed by atoms with van der Waals surface area (Å²) in [5, 5.41) is 0. The highest BCUT2D eigenvalue weighted by atomic mass is 16.1. The molecule has 0 aliphatic rings. The molecular formula is C32H64O4. The maximum absolute atomic E-state index is 11.9. The lowest BCUT2D eigenvalue weighted by Gasteiger charge is -2.33. The van der Waals surface area contributed by atoms with Crippen molar-refractivity contribution < 1.29 is 19.2 Å². The van der Waals surface area contributed by atoms with Crippen LogP contribution in [0.25, 0.3) is 0 Å². The summed E-state index contributed by atoms with van der Waals surface area (Å²) in [6.45, 7) is 39.1. The Hall–Kier alpha value is -1.32. The van der Waals surface area contributed by atoms with Gasteiger partial charge in [0.05, 0.1) is 0 Å². The average molecular weight is 513 g/mol. The minimum absolute atomic E-state index is 0.139. The minimum atomic E-state index is -0.215. The van der Waals surface area contributed by atoms with E-state index in [0.717, 1.165) is 0 Å². The van der Waals surface area contributed by atoms with Crippen LogP contribution >= 0.6 is 0 Å². The molecule has 0 radical (unpaired) electrons. The van der Waals surface area contributed by atoms with E-state index < -0.39 is 0 Å². The summed E-state index contributed by atoms with van der Waals surface area (Å²) in [4.78, 5) is 44.1. The summed E-state index contributed by atoms with van der Waals surface area (Å²) in [6.07, 6.45) is 0. The summed E-state index contributed by atoms with van der Waals surface area (Å²) in [5.74, 6) is 2.45. The molecule has 0 aliphatic heterocycles. The van der Waals surface area contributed by atoms with Crippen molar-refractivity contribution >= 4 is 23.1 Å². The number of carbonyl (C=O) groups is 4. The zero-order valence-electron chi connectivity index (χ0n) is 27.9. The molecule has 0 spiro atoms. The lowest BCUT2D eigenvalue weighted by molar-refractivity contribution is -0.137. The van der Waals surface area contributed by atoms with Crippen molar-refractivity contribution in [2.45, 2.75) is 138 Å². The Bertz CT molecular complexity index is 676. The Kier molecular flexibility index (Phi) is 19.2. The quantitative estimate of drug-likeness (QED) is 0.356. The highest BCUT2D eigenvalue weighted by molar-refractivity contribution is 5.89. The Morgan fingerprint density at radius 2 is 0.750 bits per heavy atom. The van der Waals surface area contributed by atoms with Gasteiger partial charge in [-0.05, 0) is 25.7 Å². The largest absolute Gasteiger partial charge is 0.300 e. The first-order valence-electron chi connectivity index (χ1n) is 13.6. The SMILES string of the molecule is CC(=O)C(C)(C)C(C)C.CC(=O)C(C)C.CC(C)C(=O)C(C)(C)C.CC(C)C(C)(C)C(=O)C(C)(C)C. The second kappa shape index (κ2) is 16.5. The number of ketones is 4. The van der Waals surface area contributed by atoms with Gasteiger partial charge in [-0.25, -0.2) is 0 Å². The summed E-state index contributed by atoms with van der Waals surface area (Å²) >= 11 is 0. The molecule has 0 rings (SSSR count). The normalized spacial score (nSPS) is 12.2. The molecule has 0 atom stereocenters. The van der Waals surface area contributed by atoms with Crippen LogP contribution in [0, 0.1) is 45.3 Å². The third kappa shape index (κ3) is 18.0. The van der Waals surface area contributed by atoms with Gasteiger partial charge in [0.15, 0.2) is 0 Å². The lowest BCUT2D eigenvalue weighted by Crippen LogP contribution is -2.38. The van der Waals surface area contributed by atoms with E-state index in [1.165, 1.54) is 0 Å². The van der Waals surface area contributed by atoms with Crippen molar-refractivity contribution in [3.8, 4) is 0 Å². The molecule has 0 heterocycles. The molecule has 0 amide bonds. The van der Waals surface area contributed by atoms with Crippen LogP contribution in [-0.2, 0) is 19.2 Å². The Labute approximate surface area is 226 Å². The highest BCUT2D eigenvalue weighted by Crippen LogP contribution is 2.35. The van der Waals surface area contributed by atoms with Gasteiger partial charge in [-0.1, -0.05) is 125 Å². The Balaban J connectivity index is -0.000000195. The number of rotatable bonds is 6. The van der Waals surface area contributed by atoms with E-state index in [2.05, 4.69) is 27.7 Å². The van der Waals surface area contributed by atoms with E-state index in [9.17, 15) is 19.2 Å². The van der Waals surface area contributed by atoms with Crippen LogP contribution in [-0.4, -0.2) is 23.1 Å². The van der Waals surface area contributed by atoms with Gasteiger partial charge < -0.3 is 0 Å². The van der Waals surface area contributed by atoms with Gasteiger partial charge >= 0.3 is 0 Å². The Morgan fingerprint density at radius 3 is 0.778 bits per heavy atom. The van der Waals surface area contributed by atoms with Crippen molar-refractivity contribution in [2.75, 3.05) is 0 Å². The third-order valence-electron chi connectivity index (χ3n) is 7.14. The number of Topliss-reactive ketones (excluding diaryl/α,β-unsaturated/α-hetero) is 4. The van der Waals surface area contributed by atoms with Gasteiger partial charge in [0.2, 0.25) is 0 Å². The van der Waals surface area contributed by atoms with Crippen molar-refractivity contribution in [3.05, 3.63) is 0 Å². The first-order chi connectivity index (χ1) is 15.5. The molecule has 0 fully saturated rings. The molecular weight excluding hydrogens is 448 g/mol. The molecule has 216 valence electrons. The smallest absolute Gasteiger partial charge is 0.144 e. The van der Waals surface area contributed by atoms with E-state index in [-0.39, 0.29) is 45.1 Å². The van der Waals surface area contributed by atoms with E-state index in [1.54, 1.807) is 13.8 Å². The first kappa shape index (κ1) is 41.8. The molecule has 0 N–H and O–H groups in total. The Morgan fingerprint density at radius 1 is 0.472 bits per heavy atom. The van der Waals surface area contributed by atoms with E-state index in [0.29, 0.717) is 23.4 Å². The predicted octanol–water partition coefficient (Wildman–Crippen LogP) is 9.03. The molecule has 0 aromatic carbocycles.